The van der Waals surface area contributed by atoms with E-state index in [2.05, 4.69) is 33.8 Å². The maximum absolute atomic E-state index is 12.6. The number of thiazole rings is 1. The zero-order valence-electron chi connectivity index (χ0n) is 15.4. The Morgan fingerprint density at radius 3 is 2.66 bits per heavy atom. The number of nitrogens with zero attached hydrogens (tertiary/aromatic N) is 1. The summed E-state index contributed by atoms with van der Waals surface area (Å²) in [7, 11) is 0. The first-order valence-corrected chi connectivity index (χ1v) is 11.1. The van der Waals surface area contributed by atoms with Gasteiger partial charge in [-0.3, -0.25) is 14.9 Å². The van der Waals surface area contributed by atoms with Crippen LogP contribution in [0.5, 0.6) is 0 Å². The molecule has 0 fully saturated rings. The Balaban J connectivity index is 1.28. The zero-order chi connectivity index (χ0) is 19.8. The van der Waals surface area contributed by atoms with E-state index in [1.165, 1.54) is 39.2 Å². The first-order chi connectivity index (χ1) is 14.2. The van der Waals surface area contributed by atoms with Gasteiger partial charge in [0.05, 0.1) is 17.0 Å². The second-order valence-corrected chi connectivity index (χ2v) is 8.72. The standard InChI is InChI=1S/C22H17N3O2S2/c26-19(11-15-12-29-22(23-15)25-21(27)18-5-2-10-28-18)24-17-9-8-14-7-6-13-3-1-4-16(17)20(13)14/h1-5,8-10,12H,6-7,11H2,(H,24,26)(H,23,25,27). The number of nitrogens with one attached hydrogen (secondary N) is 2. The van der Waals surface area contributed by atoms with Gasteiger partial charge >= 0.3 is 0 Å². The molecule has 5 rings (SSSR count). The molecular weight excluding hydrogens is 402 g/mol. The molecule has 0 aliphatic heterocycles. The molecule has 1 aliphatic carbocycles. The lowest BCUT2D eigenvalue weighted by atomic mass is 10.0. The van der Waals surface area contributed by atoms with Gasteiger partial charge in [-0.05, 0) is 46.9 Å². The van der Waals surface area contributed by atoms with E-state index in [0.717, 1.165) is 23.9 Å². The second kappa shape index (κ2) is 7.42. The summed E-state index contributed by atoms with van der Waals surface area (Å²) >= 11 is 2.70. The van der Waals surface area contributed by atoms with Crippen LogP contribution in [0.3, 0.4) is 0 Å². The van der Waals surface area contributed by atoms with Crippen molar-refractivity contribution in [1.82, 2.24) is 4.98 Å². The molecule has 2 heterocycles. The third kappa shape index (κ3) is 3.54. The molecule has 0 atom stereocenters. The number of carbonyl (C=O) groups excluding carboxylic acids is 2. The van der Waals surface area contributed by atoms with Crippen LogP contribution in [-0.2, 0) is 24.1 Å². The molecule has 2 N–H and O–H groups in total. The number of thiophene rings is 1. The van der Waals surface area contributed by atoms with E-state index in [1.807, 2.05) is 23.6 Å². The van der Waals surface area contributed by atoms with E-state index >= 15 is 0 Å². The number of aryl methyl sites for hydroxylation is 2. The van der Waals surface area contributed by atoms with E-state index in [4.69, 9.17) is 0 Å². The van der Waals surface area contributed by atoms with Gasteiger partial charge < -0.3 is 5.32 Å². The van der Waals surface area contributed by atoms with Crippen molar-refractivity contribution in [2.75, 3.05) is 10.6 Å². The minimum Gasteiger partial charge on any atom is -0.325 e. The van der Waals surface area contributed by atoms with Gasteiger partial charge in [-0.25, -0.2) is 4.98 Å². The summed E-state index contributed by atoms with van der Waals surface area (Å²) in [5.74, 6) is -0.302. The van der Waals surface area contributed by atoms with Crippen molar-refractivity contribution in [2.45, 2.75) is 19.3 Å². The van der Waals surface area contributed by atoms with Crippen LogP contribution >= 0.6 is 22.7 Å². The molecule has 0 unspecified atom stereocenters. The van der Waals surface area contributed by atoms with E-state index < -0.39 is 0 Å². The van der Waals surface area contributed by atoms with Crippen molar-refractivity contribution >= 4 is 56.1 Å². The van der Waals surface area contributed by atoms with Crippen molar-refractivity contribution in [3.05, 3.63) is 74.9 Å². The lowest BCUT2D eigenvalue weighted by Crippen LogP contribution is -2.15. The van der Waals surface area contributed by atoms with Crippen molar-refractivity contribution in [2.24, 2.45) is 0 Å². The largest absolute Gasteiger partial charge is 0.325 e. The fraction of sp³-hybridized carbons (Fsp3) is 0.136. The maximum atomic E-state index is 12.6. The summed E-state index contributed by atoms with van der Waals surface area (Å²) < 4.78 is 0. The Morgan fingerprint density at radius 1 is 0.966 bits per heavy atom. The van der Waals surface area contributed by atoms with Gasteiger partial charge in [0.25, 0.3) is 5.91 Å². The van der Waals surface area contributed by atoms with E-state index in [9.17, 15) is 9.59 Å². The number of rotatable bonds is 5. The van der Waals surface area contributed by atoms with E-state index in [-0.39, 0.29) is 18.2 Å². The number of benzene rings is 2. The molecule has 144 valence electrons. The van der Waals surface area contributed by atoms with Gasteiger partial charge in [-0.15, -0.1) is 22.7 Å². The third-order valence-electron chi connectivity index (χ3n) is 5.01. The number of anilines is 2. The average Bonchev–Trinajstić information content (AvgIpc) is 3.46. The van der Waals surface area contributed by atoms with Crippen LogP contribution in [0.2, 0.25) is 0 Å². The van der Waals surface area contributed by atoms with Crippen LogP contribution in [0.15, 0.2) is 53.2 Å². The predicted octanol–water partition coefficient (Wildman–Crippen LogP) is 4.89. The van der Waals surface area contributed by atoms with Crippen LogP contribution in [0.1, 0.15) is 26.5 Å². The van der Waals surface area contributed by atoms with Crippen LogP contribution < -0.4 is 10.6 Å². The van der Waals surface area contributed by atoms with Gasteiger partial charge in [-0.2, -0.15) is 0 Å². The quantitative estimate of drug-likeness (QED) is 0.484. The maximum Gasteiger partial charge on any atom is 0.267 e. The molecule has 0 saturated heterocycles. The first-order valence-electron chi connectivity index (χ1n) is 9.30. The average molecular weight is 420 g/mol. The highest BCUT2D eigenvalue weighted by Gasteiger charge is 2.17. The third-order valence-corrected chi connectivity index (χ3v) is 6.69. The summed E-state index contributed by atoms with van der Waals surface area (Å²) in [5, 5.41) is 12.3. The molecule has 7 heteroatoms. The number of aromatic nitrogens is 1. The molecule has 5 nitrogen and oxygen atoms in total. The minimum absolute atomic E-state index is 0.120. The summed E-state index contributed by atoms with van der Waals surface area (Å²) in [6, 6.07) is 14.0. The SMILES string of the molecule is O=C(Cc1csc(NC(=O)c2cccs2)n1)Nc1ccc2c3c(cccc13)CC2. The smallest absolute Gasteiger partial charge is 0.267 e. The van der Waals surface area contributed by atoms with Crippen LogP contribution in [0.25, 0.3) is 10.8 Å². The number of carbonyl (C=O) groups is 2. The Hall–Kier alpha value is -3.03. The summed E-state index contributed by atoms with van der Waals surface area (Å²) in [6.45, 7) is 0. The lowest BCUT2D eigenvalue weighted by molar-refractivity contribution is -0.115. The molecule has 2 aromatic heterocycles. The van der Waals surface area contributed by atoms with E-state index in [0.29, 0.717) is 15.7 Å². The van der Waals surface area contributed by atoms with Crippen LogP contribution in [0.4, 0.5) is 10.8 Å². The van der Waals surface area contributed by atoms with Crippen LogP contribution in [0, 0.1) is 0 Å². The molecule has 2 aromatic carbocycles. The minimum atomic E-state index is -0.182. The van der Waals surface area contributed by atoms with Crippen molar-refractivity contribution in [3.8, 4) is 0 Å². The zero-order valence-corrected chi connectivity index (χ0v) is 17.0. The fourth-order valence-electron chi connectivity index (χ4n) is 3.73. The molecule has 29 heavy (non-hydrogen) atoms. The van der Waals surface area contributed by atoms with Crippen LogP contribution in [-0.4, -0.2) is 16.8 Å². The summed E-state index contributed by atoms with van der Waals surface area (Å²) in [4.78, 5) is 29.7. The second-order valence-electron chi connectivity index (χ2n) is 6.91. The molecule has 0 bridgehead atoms. The molecule has 0 saturated carbocycles. The molecule has 4 aromatic rings. The van der Waals surface area contributed by atoms with Crippen molar-refractivity contribution in [1.29, 1.82) is 0 Å². The molecule has 0 radical (unpaired) electrons. The fourth-order valence-corrected chi connectivity index (χ4v) is 5.05. The summed E-state index contributed by atoms with van der Waals surface area (Å²) in [5.41, 5.74) is 4.16. The topological polar surface area (TPSA) is 71.1 Å². The molecule has 0 spiro atoms. The van der Waals surface area contributed by atoms with Crippen molar-refractivity contribution in [3.63, 3.8) is 0 Å². The number of hydrogen-bond donors (Lipinski definition) is 2. The monoisotopic (exact) mass is 419 g/mol. The van der Waals surface area contributed by atoms with Gasteiger partial charge in [0.2, 0.25) is 5.91 Å². The first kappa shape index (κ1) is 18.0. The van der Waals surface area contributed by atoms with Gasteiger partial charge in [0.15, 0.2) is 5.13 Å². The Kier molecular flexibility index (Phi) is 4.61. The predicted molar refractivity (Wildman–Crippen MR) is 118 cm³/mol. The highest BCUT2D eigenvalue weighted by atomic mass is 32.1. The van der Waals surface area contributed by atoms with Gasteiger partial charge in [0, 0.05) is 16.5 Å². The molecular formula is C22H17N3O2S2. The van der Waals surface area contributed by atoms with Gasteiger partial charge in [-0.1, -0.05) is 30.3 Å². The highest BCUT2D eigenvalue weighted by Crippen LogP contribution is 2.35. The number of hydrogen-bond acceptors (Lipinski definition) is 5. The lowest BCUT2D eigenvalue weighted by Gasteiger charge is -2.10. The normalized spacial score (nSPS) is 12.3. The molecule has 1 aliphatic rings. The Morgan fingerprint density at radius 2 is 1.83 bits per heavy atom. The molecule has 2 amide bonds. The highest BCUT2D eigenvalue weighted by molar-refractivity contribution is 7.14. The summed E-state index contributed by atoms with van der Waals surface area (Å²) in [6.07, 6.45) is 2.28. The Labute approximate surface area is 175 Å². The van der Waals surface area contributed by atoms with Gasteiger partial charge in [0.1, 0.15) is 0 Å². The van der Waals surface area contributed by atoms with E-state index in [1.54, 1.807) is 11.4 Å². The Bertz CT molecular complexity index is 1220. The van der Waals surface area contributed by atoms with Crippen molar-refractivity contribution < 1.29 is 9.59 Å². The number of amides is 2.